The molecular weight excluding hydrogens is 220 g/mol. The molecule has 2 heterocycles. The van der Waals surface area contributed by atoms with Crippen LogP contribution >= 0.6 is 0 Å². The maximum Gasteiger partial charge on any atom is 0.316 e. The summed E-state index contributed by atoms with van der Waals surface area (Å²) in [4.78, 5) is 8.01. The van der Waals surface area contributed by atoms with E-state index in [1.165, 1.54) is 7.11 Å². The van der Waals surface area contributed by atoms with Crippen LogP contribution in [0.15, 0.2) is 12.4 Å². The number of methoxy groups -OCH3 is 1. The average molecular weight is 238 g/mol. The molecular formula is C12H18N2O3. The number of nitrogens with zero attached hydrogens (tertiary/aromatic N) is 2. The fourth-order valence-electron chi connectivity index (χ4n) is 2.28. The number of rotatable bonds is 4. The van der Waals surface area contributed by atoms with E-state index in [1.54, 1.807) is 12.4 Å². The Balaban J connectivity index is 2.10. The minimum atomic E-state index is -0.562. The Hall–Kier alpha value is -1.20. The first-order valence-electron chi connectivity index (χ1n) is 5.91. The predicted molar refractivity (Wildman–Crippen MR) is 61.7 cm³/mol. The van der Waals surface area contributed by atoms with Gasteiger partial charge < -0.3 is 14.6 Å². The second-order valence-electron chi connectivity index (χ2n) is 4.22. The first-order valence-corrected chi connectivity index (χ1v) is 5.91. The van der Waals surface area contributed by atoms with Crippen molar-refractivity contribution in [2.45, 2.75) is 32.0 Å². The minimum absolute atomic E-state index is 0.132. The quantitative estimate of drug-likeness (QED) is 0.857. The maximum atomic E-state index is 10.3. The highest BCUT2D eigenvalue weighted by molar-refractivity contribution is 5.12. The van der Waals surface area contributed by atoms with Gasteiger partial charge >= 0.3 is 6.01 Å². The third kappa shape index (κ3) is 2.56. The monoisotopic (exact) mass is 238 g/mol. The topological polar surface area (TPSA) is 64.5 Å². The molecule has 1 aliphatic heterocycles. The molecule has 0 bridgehead atoms. The summed E-state index contributed by atoms with van der Waals surface area (Å²) < 4.78 is 10.5. The van der Waals surface area contributed by atoms with E-state index in [0.717, 1.165) is 25.0 Å². The van der Waals surface area contributed by atoms with E-state index in [0.29, 0.717) is 6.01 Å². The van der Waals surface area contributed by atoms with Crippen molar-refractivity contribution in [3.05, 3.63) is 18.0 Å². The normalized spacial score (nSPS) is 25.8. The van der Waals surface area contributed by atoms with Crippen LogP contribution in [-0.2, 0) is 4.74 Å². The summed E-state index contributed by atoms with van der Waals surface area (Å²) in [6.07, 6.45) is 4.59. The van der Waals surface area contributed by atoms with E-state index >= 15 is 0 Å². The van der Waals surface area contributed by atoms with Gasteiger partial charge in [0.2, 0.25) is 0 Å². The van der Waals surface area contributed by atoms with Crippen LogP contribution < -0.4 is 4.74 Å². The second-order valence-corrected chi connectivity index (χ2v) is 4.22. The molecule has 1 fully saturated rings. The van der Waals surface area contributed by atoms with Crippen LogP contribution in [0.5, 0.6) is 6.01 Å². The first-order chi connectivity index (χ1) is 8.26. The fraction of sp³-hybridized carbons (Fsp3) is 0.667. The zero-order valence-electron chi connectivity index (χ0n) is 10.2. The molecule has 5 nitrogen and oxygen atoms in total. The molecule has 0 aliphatic carbocycles. The van der Waals surface area contributed by atoms with Crippen molar-refractivity contribution in [3.8, 4) is 6.01 Å². The van der Waals surface area contributed by atoms with E-state index in [1.807, 2.05) is 0 Å². The van der Waals surface area contributed by atoms with Crippen LogP contribution in [0.25, 0.3) is 0 Å². The van der Waals surface area contributed by atoms with Gasteiger partial charge in [0.15, 0.2) is 0 Å². The molecule has 1 N–H and O–H groups in total. The van der Waals surface area contributed by atoms with Gasteiger partial charge in [-0.1, -0.05) is 6.92 Å². The molecule has 0 spiro atoms. The Bertz CT molecular complexity index is 355. The van der Waals surface area contributed by atoms with Gasteiger partial charge in [-0.25, -0.2) is 9.97 Å². The Morgan fingerprint density at radius 3 is 2.82 bits per heavy atom. The van der Waals surface area contributed by atoms with E-state index in [9.17, 15) is 5.11 Å². The molecule has 1 aromatic rings. The van der Waals surface area contributed by atoms with Crippen molar-refractivity contribution in [2.24, 2.45) is 5.92 Å². The Morgan fingerprint density at radius 2 is 2.24 bits per heavy atom. The smallest absolute Gasteiger partial charge is 0.316 e. The summed E-state index contributed by atoms with van der Waals surface area (Å²) in [5, 5.41) is 10.3. The lowest BCUT2D eigenvalue weighted by atomic mass is 9.90. The SMILES string of the molecule is CCC1OCCC1C(O)c1cnc(OC)nc1. The lowest BCUT2D eigenvalue weighted by Crippen LogP contribution is -2.22. The first kappa shape index (κ1) is 12.3. The van der Waals surface area contributed by atoms with Gasteiger partial charge in [-0.3, -0.25) is 0 Å². The zero-order valence-corrected chi connectivity index (χ0v) is 10.2. The molecule has 1 aromatic heterocycles. The lowest BCUT2D eigenvalue weighted by Gasteiger charge is -2.22. The highest BCUT2D eigenvalue weighted by Gasteiger charge is 2.33. The number of aliphatic hydroxyl groups is 1. The molecule has 0 radical (unpaired) electrons. The maximum absolute atomic E-state index is 10.3. The van der Waals surface area contributed by atoms with Crippen LogP contribution in [-0.4, -0.2) is 34.9 Å². The average Bonchev–Trinajstić information content (AvgIpc) is 2.86. The van der Waals surface area contributed by atoms with Gasteiger partial charge in [0.25, 0.3) is 0 Å². The predicted octanol–water partition coefficient (Wildman–Crippen LogP) is 1.33. The molecule has 1 aliphatic rings. The van der Waals surface area contributed by atoms with Crippen LogP contribution in [0.4, 0.5) is 0 Å². The van der Waals surface area contributed by atoms with Crippen molar-refractivity contribution >= 4 is 0 Å². The minimum Gasteiger partial charge on any atom is -0.467 e. The third-order valence-electron chi connectivity index (χ3n) is 3.24. The van der Waals surface area contributed by atoms with Crippen molar-refractivity contribution in [1.82, 2.24) is 9.97 Å². The number of aromatic nitrogens is 2. The van der Waals surface area contributed by atoms with Crippen molar-refractivity contribution in [3.63, 3.8) is 0 Å². The van der Waals surface area contributed by atoms with Gasteiger partial charge in [-0.2, -0.15) is 0 Å². The largest absolute Gasteiger partial charge is 0.467 e. The van der Waals surface area contributed by atoms with E-state index in [2.05, 4.69) is 16.9 Å². The second kappa shape index (κ2) is 5.42. The van der Waals surface area contributed by atoms with Crippen molar-refractivity contribution in [1.29, 1.82) is 0 Å². The Kier molecular flexibility index (Phi) is 3.91. The van der Waals surface area contributed by atoms with E-state index < -0.39 is 6.10 Å². The number of hydrogen-bond donors (Lipinski definition) is 1. The number of hydrogen-bond acceptors (Lipinski definition) is 5. The Morgan fingerprint density at radius 1 is 1.53 bits per heavy atom. The van der Waals surface area contributed by atoms with E-state index in [4.69, 9.17) is 9.47 Å². The number of ether oxygens (including phenoxy) is 2. The molecule has 0 amide bonds. The van der Waals surface area contributed by atoms with E-state index in [-0.39, 0.29) is 12.0 Å². The zero-order chi connectivity index (χ0) is 12.3. The molecule has 17 heavy (non-hydrogen) atoms. The standard InChI is InChI=1S/C12H18N2O3/c1-3-10-9(4-5-17-10)11(15)8-6-13-12(16-2)14-7-8/h6-7,9-11,15H,3-5H2,1-2H3. The van der Waals surface area contributed by atoms with Gasteiger partial charge in [0, 0.05) is 30.5 Å². The highest BCUT2D eigenvalue weighted by Crippen LogP contribution is 2.34. The third-order valence-corrected chi connectivity index (χ3v) is 3.24. The summed E-state index contributed by atoms with van der Waals surface area (Å²) in [5.41, 5.74) is 0.722. The van der Waals surface area contributed by atoms with Gasteiger partial charge in [-0.15, -0.1) is 0 Å². The fourth-order valence-corrected chi connectivity index (χ4v) is 2.28. The van der Waals surface area contributed by atoms with Crippen molar-refractivity contribution < 1.29 is 14.6 Å². The van der Waals surface area contributed by atoms with Crippen LogP contribution in [0, 0.1) is 5.92 Å². The molecule has 3 unspecified atom stereocenters. The summed E-state index contributed by atoms with van der Waals surface area (Å²) in [7, 11) is 1.52. The summed E-state index contributed by atoms with van der Waals surface area (Å²) in [6, 6.07) is 0.315. The molecule has 0 saturated carbocycles. The molecule has 0 aromatic carbocycles. The molecule has 5 heteroatoms. The number of aliphatic hydroxyl groups excluding tert-OH is 1. The summed E-state index contributed by atoms with van der Waals surface area (Å²) >= 11 is 0. The molecule has 94 valence electrons. The van der Waals surface area contributed by atoms with Crippen LogP contribution in [0.2, 0.25) is 0 Å². The van der Waals surface area contributed by atoms with Gasteiger partial charge in [0.1, 0.15) is 0 Å². The van der Waals surface area contributed by atoms with Crippen LogP contribution in [0.1, 0.15) is 31.4 Å². The summed E-state index contributed by atoms with van der Waals surface area (Å²) in [6.45, 7) is 2.79. The van der Waals surface area contributed by atoms with Gasteiger partial charge in [-0.05, 0) is 12.8 Å². The molecule has 1 saturated heterocycles. The highest BCUT2D eigenvalue weighted by atomic mass is 16.5. The lowest BCUT2D eigenvalue weighted by molar-refractivity contribution is 0.0304. The van der Waals surface area contributed by atoms with Crippen LogP contribution in [0.3, 0.4) is 0 Å². The molecule has 2 rings (SSSR count). The molecule has 3 atom stereocenters. The summed E-state index contributed by atoms with van der Waals surface area (Å²) in [5.74, 6) is 0.136. The van der Waals surface area contributed by atoms with Gasteiger partial charge in [0.05, 0.1) is 19.3 Å². The van der Waals surface area contributed by atoms with Crippen molar-refractivity contribution in [2.75, 3.05) is 13.7 Å². The Labute approximate surface area is 101 Å².